The van der Waals surface area contributed by atoms with Gasteiger partial charge < -0.3 is 19.7 Å². The SMILES string of the molecule is C=C(/C=C(\C)C(=O)OCCCCO)C(=O)OCCCCO. The monoisotopic (exact) mass is 300 g/mol. The number of carbonyl (C=O) groups excluding carboxylic acids is 2. The minimum absolute atomic E-state index is 0.0552. The smallest absolute Gasteiger partial charge is 0.337 e. The van der Waals surface area contributed by atoms with Crippen LogP contribution in [-0.2, 0) is 19.1 Å². The van der Waals surface area contributed by atoms with Crippen LogP contribution in [0.15, 0.2) is 23.8 Å². The van der Waals surface area contributed by atoms with Gasteiger partial charge in [-0.2, -0.15) is 0 Å². The fourth-order valence-electron chi connectivity index (χ4n) is 1.34. The highest BCUT2D eigenvalue weighted by Gasteiger charge is 2.10. The molecule has 0 aliphatic heterocycles. The first-order chi connectivity index (χ1) is 10.0. The Bertz CT molecular complexity index is 372. The highest BCUT2D eigenvalue weighted by atomic mass is 16.5. The zero-order valence-corrected chi connectivity index (χ0v) is 12.5. The van der Waals surface area contributed by atoms with E-state index in [0.717, 1.165) is 0 Å². The fraction of sp³-hybridized carbons (Fsp3) is 0.600. The average molecular weight is 300 g/mol. The number of aliphatic hydroxyl groups excluding tert-OH is 2. The average Bonchev–Trinajstić information content (AvgIpc) is 2.47. The molecule has 0 aromatic heterocycles. The Labute approximate surface area is 125 Å². The van der Waals surface area contributed by atoms with Crippen LogP contribution in [0.3, 0.4) is 0 Å². The highest BCUT2D eigenvalue weighted by Crippen LogP contribution is 2.06. The fourth-order valence-corrected chi connectivity index (χ4v) is 1.34. The first-order valence-electron chi connectivity index (χ1n) is 6.96. The number of rotatable bonds is 11. The number of hydrogen-bond acceptors (Lipinski definition) is 6. The maximum Gasteiger partial charge on any atom is 0.337 e. The van der Waals surface area contributed by atoms with Gasteiger partial charge in [0, 0.05) is 18.8 Å². The van der Waals surface area contributed by atoms with Crippen LogP contribution in [0.1, 0.15) is 32.6 Å². The largest absolute Gasteiger partial charge is 0.462 e. The summed E-state index contributed by atoms with van der Waals surface area (Å²) < 4.78 is 9.89. The molecule has 6 nitrogen and oxygen atoms in total. The lowest BCUT2D eigenvalue weighted by Gasteiger charge is -2.06. The highest BCUT2D eigenvalue weighted by molar-refractivity contribution is 5.95. The van der Waals surface area contributed by atoms with E-state index in [1.165, 1.54) is 13.0 Å². The van der Waals surface area contributed by atoms with Crippen molar-refractivity contribution in [1.82, 2.24) is 0 Å². The molecule has 6 heteroatoms. The van der Waals surface area contributed by atoms with E-state index in [2.05, 4.69) is 6.58 Å². The lowest BCUT2D eigenvalue weighted by Crippen LogP contribution is -2.11. The molecule has 0 unspecified atom stereocenters. The molecular weight excluding hydrogens is 276 g/mol. The molecule has 0 bridgehead atoms. The molecule has 0 spiro atoms. The molecule has 0 saturated heterocycles. The van der Waals surface area contributed by atoms with Crippen molar-refractivity contribution in [2.75, 3.05) is 26.4 Å². The quantitative estimate of drug-likeness (QED) is 0.257. The van der Waals surface area contributed by atoms with Gasteiger partial charge >= 0.3 is 11.9 Å². The van der Waals surface area contributed by atoms with E-state index in [1.54, 1.807) is 0 Å². The van der Waals surface area contributed by atoms with Crippen LogP contribution in [0.25, 0.3) is 0 Å². The summed E-state index contributed by atoms with van der Waals surface area (Å²) in [6.07, 6.45) is 3.62. The van der Waals surface area contributed by atoms with Crippen LogP contribution >= 0.6 is 0 Å². The van der Waals surface area contributed by atoms with Crippen molar-refractivity contribution in [2.45, 2.75) is 32.6 Å². The van der Waals surface area contributed by atoms with Crippen molar-refractivity contribution >= 4 is 11.9 Å². The van der Waals surface area contributed by atoms with Crippen molar-refractivity contribution in [3.8, 4) is 0 Å². The molecular formula is C15H24O6. The molecule has 0 saturated carbocycles. The molecule has 0 aromatic rings. The van der Waals surface area contributed by atoms with Crippen LogP contribution in [0.2, 0.25) is 0 Å². The number of ether oxygens (including phenoxy) is 2. The molecule has 0 aliphatic carbocycles. The summed E-state index contributed by atoms with van der Waals surface area (Å²) in [6, 6.07) is 0. The Kier molecular flexibility index (Phi) is 11.2. The Morgan fingerprint density at radius 1 is 0.952 bits per heavy atom. The molecule has 0 amide bonds. The van der Waals surface area contributed by atoms with Crippen LogP contribution < -0.4 is 0 Å². The number of esters is 2. The maximum atomic E-state index is 11.6. The third-order valence-electron chi connectivity index (χ3n) is 2.55. The first kappa shape index (κ1) is 19.3. The third kappa shape index (κ3) is 9.81. The summed E-state index contributed by atoms with van der Waals surface area (Å²) in [5.41, 5.74) is 0.333. The predicted octanol–water partition coefficient (Wildman–Crippen LogP) is 1.12. The van der Waals surface area contributed by atoms with Gasteiger partial charge in [0.2, 0.25) is 0 Å². The van der Waals surface area contributed by atoms with Gasteiger partial charge in [0.15, 0.2) is 0 Å². The lowest BCUT2D eigenvalue weighted by molar-refractivity contribution is -0.139. The number of unbranched alkanes of at least 4 members (excludes halogenated alkanes) is 2. The standard InChI is InChI=1S/C15H24O6/c1-12(14(18)20-9-5-3-7-16)11-13(2)15(19)21-10-6-4-8-17/h11,16-17H,1,3-10H2,2H3/b13-11+. The Balaban J connectivity index is 4.12. The summed E-state index contributed by atoms with van der Waals surface area (Å²) in [7, 11) is 0. The molecule has 0 aromatic carbocycles. The topological polar surface area (TPSA) is 93.1 Å². The van der Waals surface area contributed by atoms with Crippen molar-refractivity contribution in [3.05, 3.63) is 23.8 Å². The third-order valence-corrected chi connectivity index (χ3v) is 2.55. The van der Waals surface area contributed by atoms with Crippen molar-refractivity contribution in [3.63, 3.8) is 0 Å². The van der Waals surface area contributed by atoms with Gasteiger partial charge in [-0.1, -0.05) is 6.58 Å². The van der Waals surface area contributed by atoms with Crippen molar-refractivity contribution in [1.29, 1.82) is 0 Å². The minimum Gasteiger partial charge on any atom is -0.462 e. The van der Waals surface area contributed by atoms with Gasteiger partial charge in [-0.05, 0) is 38.7 Å². The van der Waals surface area contributed by atoms with Crippen LogP contribution in [0.4, 0.5) is 0 Å². The van der Waals surface area contributed by atoms with Crippen LogP contribution in [0, 0.1) is 0 Å². The van der Waals surface area contributed by atoms with E-state index in [1.807, 2.05) is 0 Å². The number of hydrogen-bond donors (Lipinski definition) is 2. The Morgan fingerprint density at radius 3 is 1.90 bits per heavy atom. The van der Waals surface area contributed by atoms with Gasteiger partial charge in [-0.15, -0.1) is 0 Å². The van der Waals surface area contributed by atoms with Crippen LogP contribution in [-0.4, -0.2) is 48.6 Å². The van der Waals surface area contributed by atoms with E-state index in [-0.39, 0.29) is 37.6 Å². The number of aliphatic hydroxyl groups is 2. The maximum absolute atomic E-state index is 11.6. The first-order valence-corrected chi connectivity index (χ1v) is 6.96. The Hall–Kier alpha value is -1.66. The van der Waals surface area contributed by atoms with Crippen molar-refractivity contribution < 1.29 is 29.3 Å². The molecule has 0 rings (SSSR count). The summed E-state index contributed by atoms with van der Waals surface area (Å²) >= 11 is 0. The second-order valence-electron chi connectivity index (χ2n) is 4.49. The summed E-state index contributed by atoms with van der Waals surface area (Å²) in [5.74, 6) is -1.12. The van der Waals surface area contributed by atoms with E-state index in [0.29, 0.717) is 25.7 Å². The van der Waals surface area contributed by atoms with Gasteiger partial charge in [-0.25, -0.2) is 9.59 Å². The van der Waals surface area contributed by atoms with Crippen LogP contribution in [0.5, 0.6) is 0 Å². The molecule has 2 N–H and O–H groups in total. The zero-order chi connectivity index (χ0) is 16.1. The van der Waals surface area contributed by atoms with Gasteiger partial charge in [0.05, 0.1) is 18.8 Å². The van der Waals surface area contributed by atoms with E-state index in [4.69, 9.17) is 19.7 Å². The summed E-state index contributed by atoms with van der Waals surface area (Å²) in [6.45, 7) is 5.62. The van der Waals surface area contributed by atoms with E-state index in [9.17, 15) is 9.59 Å². The summed E-state index contributed by atoms with van der Waals surface area (Å²) in [4.78, 5) is 23.1. The van der Waals surface area contributed by atoms with E-state index >= 15 is 0 Å². The normalized spacial score (nSPS) is 11.1. The molecule has 0 radical (unpaired) electrons. The second kappa shape index (κ2) is 12.1. The minimum atomic E-state index is -0.597. The number of carbonyl (C=O) groups is 2. The molecule has 0 fully saturated rings. The predicted molar refractivity (Wildman–Crippen MR) is 77.5 cm³/mol. The Morgan fingerprint density at radius 2 is 1.43 bits per heavy atom. The van der Waals surface area contributed by atoms with Gasteiger partial charge in [0.25, 0.3) is 0 Å². The van der Waals surface area contributed by atoms with Gasteiger partial charge in [0.1, 0.15) is 0 Å². The lowest BCUT2D eigenvalue weighted by atomic mass is 10.2. The molecule has 0 aliphatic rings. The summed E-state index contributed by atoms with van der Waals surface area (Å²) in [5, 5.41) is 17.2. The van der Waals surface area contributed by atoms with Crippen molar-refractivity contribution in [2.24, 2.45) is 0 Å². The molecule has 120 valence electrons. The molecule has 21 heavy (non-hydrogen) atoms. The molecule has 0 heterocycles. The second-order valence-corrected chi connectivity index (χ2v) is 4.49. The van der Waals surface area contributed by atoms with E-state index < -0.39 is 11.9 Å². The zero-order valence-electron chi connectivity index (χ0n) is 12.5. The van der Waals surface area contributed by atoms with Gasteiger partial charge in [-0.3, -0.25) is 0 Å². The molecule has 0 atom stereocenters.